The third-order valence-electron chi connectivity index (χ3n) is 6.05. The summed E-state index contributed by atoms with van der Waals surface area (Å²) in [7, 11) is 0. The number of nitrogens with zero attached hydrogens (tertiary/aromatic N) is 1. The number of ether oxygens (including phenoxy) is 1. The maximum Gasteiger partial charge on any atom is 0.103 e. The first-order valence-corrected chi connectivity index (χ1v) is 11.5. The van der Waals surface area contributed by atoms with Crippen molar-refractivity contribution in [2.24, 2.45) is 0 Å². The van der Waals surface area contributed by atoms with Gasteiger partial charge in [0, 0.05) is 0 Å². The van der Waals surface area contributed by atoms with E-state index in [1.807, 2.05) is 0 Å². The second-order valence-corrected chi connectivity index (χ2v) is 8.27. The molecule has 1 saturated heterocycles. The zero-order chi connectivity index (χ0) is 18.8. The van der Waals surface area contributed by atoms with E-state index in [1.165, 1.54) is 96.4 Å². The molecule has 4 heteroatoms. The van der Waals surface area contributed by atoms with Gasteiger partial charge in [-0.1, -0.05) is 84.0 Å². The minimum absolute atomic E-state index is 0.332. The Bertz CT molecular complexity index is 293. The van der Waals surface area contributed by atoms with Gasteiger partial charge in [0.2, 0.25) is 0 Å². The Morgan fingerprint density at radius 3 is 1.62 bits per heavy atom. The van der Waals surface area contributed by atoms with Crippen molar-refractivity contribution in [1.82, 2.24) is 0 Å². The van der Waals surface area contributed by atoms with E-state index in [1.54, 1.807) is 0 Å². The van der Waals surface area contributed by atoms with Gasteiger partial charge in [-0.05, 0) is 12.8 Å². The second-order valence-electron chi connectivity index (χ2n) is 8.27. The number of morpholine rings is 1. The lowest BCUT2D eigenvalue weighted by Gasteiger charge is -2.41. The zero-order valence-corrected chi connectivity index (χ0v) is 17.5. The fourth-order valence-corrected chi connectivity index (χ4v) is 4.16. The van der Waals surface area contributed by atoms with Crippen LogP contribution in [0.1, 0.15) is 96.8 Å². The third-order valence-corrected chi connectivity index (χ3v) is 6.05. The number of unbranched alkanes of at least 4 members (excludes halogenated alkanes) is 13. The summed E-state index contributed by atoms with van der Waals surface area (Å²) in [4.78, 5) is 4.09. The molecule has 0 spiro atoms. The Kier molecular flexibility index (Phi) is 15.6. The number of hydrogen-bond donors (Lipinski definition) is 0. The topological polar surface area (TPSA) is 41.5 Å². The molecule has 0 radical (unpaired) electrons. The van der Waals surface area contributed by atoms with Crippen molar-refractivity contribution in [3.05, 3.63) is 0 Å². The molecule has 1 fully saturated rings. The van der Waals surface area contributed by atoms with Crippen LogP contribution >= 0.6 is 0 Å². The van der Waals surface area contributed by atoms with E-state index >= 15 is 0 Å². The minimum Gasteiger partial charge on any atom is -0.723 e. The molecular weight excluding hydrogens is 326 g/mol. The van der Waals surface area contributed by atoms with Gasteiger partial charge >= 0.3 is 0 Å². The summed E-state index contributed by atoms with van der Waals surface area (Å²) in [6.45, 7) is 8.40. The van der Waals surface area contributed by atoms with E-state index in [4.69, 9.17) is 4.74 Å². The van der Waals surface area contributed by atoms with Crippen molar-refractivity contribution < 1.29 is 19.4 Å². The van der Waals surface area contributed by atoms with Crippen LogP contribution < -0.4 is 5.26 Å². The Balaban J connectivity index is 1.89. The van der Waals surface area contributed by atoms with E-state index in [-0.39, 0.29) is 0 Å². The highest BCUT2D eigenvalue weighted by molar-refractivity contribution is 4.53. The van der Waals surface area contributed by atoms with E-state index < -0.39 is 0 Å². The molecule has 0 unspecified atom stereocenters. The molecule has 0 atom stereocenters. The third kappa shape index (κ3) is 12.3. The van der Waals surface area contributed by atoms with Crippen molar-refractivity contribution >= 4 is 0 Å². The quantitative estimate of drug-likeness (QED) is 0.153. The molecule has 0 amide bonds. The average molecular weight is 372 g/mol. The van der Waals surface area contributed by atoms with Gasteiger partial charge in [0.25, 0.3) is 0 Å². The van der Waals surface area contributed by atoms with Crippen LogP contribution in [0.5, 0.6) is 0 Å². The van der Waals surface area contributed by atoms with Crippen LogP contribution in [0.25, 0.3) is 0 Å². The fraction of sp³-hybridized carbons (Fsp3) is 1.00. The molecule has 0 aromatic rings. The highest BCUT2D eigenvalue weighted by Crippen LogP contribution is 2.16. The first kappa shape index (κ1) is 23.9. The van der Waals surface area contributed by atoms with Crippen LogP contribution in [0.3, 0.4) is 0 Å². The summed E-state index contributed by atoms with van der Waals surface area (Å²) >= 11 is 0. The summed E-state index contributed by atoms with van der Waals surface area (Å²) in [6, 6.07) is 0. The van der Waals surface area contributed by atoms with Crippen LogP contribution in [0.4, 0.5) is 0 Å². The van der Waals surface area contributed by atoms with Gasteiger partial charge in [0.1, 0.15) is 19.6 Å². The second kappa shape index (κ2) is 17.0. The lowest BCUT2D eigenvalue weighted by molar-refractivity contribution is -0.939. The molecule has 26 heavy (non-hydrogen) atoms. The molecule has 1 rings (SSSR count). The molecule has 0 aliphatic carbocycles. The molecule has 1 aliphatic rings. The summed E-state index contributed by atoms with van der Waals surface area (Å²) < 4.78 is 6.52. The fourth-order valence-electron chi connectivity index (χ4n) is 4.16. The van der Waals surface area contributed by atoms with Gasteiger partial charge < -0.3 is 19.4 Å². The molecule has 0 saturated carbocycles. The van der Waals surface area contributed by atoms with Gasteiger partial charge in [-0.3, -0.25) is 0 Å². The van der Waals surface area contributed by atoms with Gasteiger partial charge in [-0.2, -0.15) is 0 Å². The van der Waals surface area contributed by atoms with Crippen molar-refractivity contribution in [1.29, 1.82) is 0 Å². The Hall–Kier alpha value is -0.160. The maximum atomic E-state index is 10.4. The van der Waals surface area contributed by atoms with Crippen LogP contribution in [-0.4, -0.2) is 50.5 Å². The molecule has 1 aliphatic heterocycles. The Morgan fingerprint density at radius 1 is 0.692 bits per heavy atom. The molecule has 4 nitrogen and oxygen atoms in total. The highest BCUT2D eigenvalue weighted by atomic mass is 17.1. The number of rotatable bonds is 18. The summed E-state index contributed by atoms with van der Waals surface area (Å²) in [5, 5.41) is 10.4. The lowest BCUT2D eigenvalue weighted by Crippen LogP contribution is -2.57. The standard InChI is InChI=1S/C22H45NO3/c1-2-3-4-5-6-7-8-9-10-11-12-13-14-15-16-23(19-22-26-24)17-20-25-21-18-23/h2-22H2,1H3. The van der Waals surface area contributed by atoms with Crippen molar-refractivity contribution in [3.63, 3.8) is 0 Å². The summed E-state index contributed by atoms with van der Waals surface area (Å²) in [6.07, 6.45) is 19.6. The van der Waals surface area contributed by atoms with E-state index in [9.17, 15) is 5.26 Å². The van der Waals surface area contributed by atoms with E-state index in [0.29, 0.717) is 6.61 Å². The molecule has 0 N–H and O–H groups in total. The van der Waals surface area contributed by atoms with Crippen LogP contribution in [0.2, 0.25) is 0 Å². The van der Waals surface area contributed by atoms with Crippen molar-refractivity contribution in [2.75, 3.05) is 46.0 Å². The van der Waals surface area contributed by atoms with Crippen molar-refractivity contribution in [3.8, 4) is 0 Å². The zero-order valence-electron chi connectivity index (χ0n) is 17.5. The summed E-state index contributed by atoms with van der Waals surface area (Å²) in [5.41, 5.74) is 0. The molecule has 0 aromatic carbocycles. The first-order valence-electron chi connectivity index (χ1n) is 11.5. The van der Waals surface area contributed by atoms with Crippen LogP contribution in [0, 0.1) is 0 Å². The first-order chi connectivity index (χ1) is 12.8. The minimum atomic E-state index is 0.332. The molecule has 1 heterocycles. The normalized spacial score (nSPS) is 16.8. The Labute approximate surface area is 162 Å². The van der Waals surface area contributed by atoms with E-state index in [2.05, 4.69) is 11.8 Å². The van der Waals surface area contributed by atoms with Crippen LogP contribution in [-0.2, 0) is 9.62 Å². The summed E-state index contributed by atoms with van der Waals surface area (Å²) in [5.74, 6) is 0. The molecule has 0 bridgehead atoms. The van der Waals surface area contributed by atoms with Gasteiger partial charge in [-0.25, -0.2) is 0 Å². The Morgan fingerprint density at radius 2 is 1.15 bits per heavy atom. The monoisotopic (exact) mass is 371 g/mol. The van der Waals surface area contributed by atoms with Gasteiger partial charge in [0.05, 0.1) is 26.4 Å². The van der Waals surface area contributed by atoms with Crippen molar-refractivity contribution in [2.45, 2.75) is 96.8 Å². The average Bonchev–Trinajstić information content (AvgIpc) is 2.67. The number of hydrogen-bond acceptors (Lipinski definition) is 3. The predicted molar refractivity (Wildman–Crippen MR) is 107 cm³/mol. The largest absolute Gasteiger partial charge is 0.723 e. The maximum absolute atomic E-state index is 10.4. The molecular formula is C22H45NO3. The number of quaternary nitrogens is 1. The van der Waals surface area contributed by atoms with Gasteiger partial charge in [-0.15, -0.1) is 0 Å². The van der Waals surface area contributed by atoms with E-state index in [0.717, 1.165) is 37.3 Å². The highest BCUT2D eigenvalue weighted by Gasteiger charge is 2.29. The SMILES string of the molecule is CCCCCCCCCCCCCCCC[N+]1(CCO[O-])CCOCC1. The molecule has 0 aromatic heterocycles. The van der Waals surface area contributed by atoms with Gasteiger partial charge in [0.15, 0.2) is 0 Å². The van der Waals surface area contributed by atoms with Crippen LogP contribution in [0.15, 0.2) is 0 Å². The smallest absolute Gasteiger partial charge is 0.103 e. The molecule has 156 valence electrons. The predicted octanol–water partition coefficient (Wildman–Crippen LogP) is 4.61. The lowest BCUT2D eigenvalue weighted by atomic mass is 10.0.